The molecule has 3 nitrogen and oxygen atoms in total. The number of halogens is 1. The number of aryl methyl sites for hydroxylation is 1. The van der Waals surface area contributed by atoms with Gasteiger partial charge in [-0.2, -0.15) is 0 Å². The van der Waals surface area contributed by atoms with Crippen molar-refractivity contribution in [1.82, 2.24) is 9.55 Å². The summed E-state index contributed by atoms with van der Waals surface area (Å²) in [5.41, 5.74) is 6.20. The average molecular weight is 340 g/mol. The highest BCUT2D eigenvalue weighted by Crippen LogP contribution is 2.27. The maximum absolute atomic E-state index is 6.20. The van der Waals surface area contributed by atoms with Crippen molar-refractivity contribution in [2.45, 2.75) is 30.8 Å². The topological polar surface area (TPSA) is 43.8 Å². The van der Waals surface area contributed by atoms with E-state index in [1.54, 1.807) is 11.8 Å². The van der Waals surface area contributed by atoms with E-state index < -0.39 is 0 Å². The molecule has 102 valence electrons. The molecule has 1 unspecified atom stereocenters. The molecule has 0 aliphatic heterocycles. The molecule has 1 atom stereocenters. The zero-order valence-electron chi connectivity index (χ0n) is 10.9. The number of rotatable bonds is 6. The minimum absolute atomic E-state index is 0.116. The van der Waals surface area contributed by atoms with E-state index in [4.69, 9.17) is 5.73 Å². The summed E-state index contributed by atoms with van der Waals surface area (Å²) in [4.78, 5) is 5.60. The van der Waals surface area contributed by atoms with Gasteiger partial charge in [-0.15, -0.1) is 11.8 Å². The van der Waals surface area contributed by atoms with Gasteiger partial charge in [-0.1, -0.05) is 12.1 Å². The molecule has 1 aromatic heterocycles. The lowest BCUT2D eigenvalue weighted by molar-refractivity contribution is 0.641. The number of hydrogen-bond donors (Lipinski definition) is 1. The smallest absolute Gasteiger partial charge is 0.110 e. The third kappa shape index (κ3) is 4.09. The Morgan fingerprint density at radius 1 is 1.42 bits per heavy atom. The van der Waals surface area contributed by atoms with Crippen LogP contribution in [-0.2, 0) is 13.0 Å². The molecule has 2 aromatic rings. The molecule has 2 rings (SSSR count). The van der Waals surface area contributed by atoms with Crippen LogP contribution in [0, 0.1) is 0 Å². The van der Waals surface area contributed by atoms with Gasteiger partial charge in [0.05, 0.1) is 0 Å². The highest BCUT2D eigenvalue weighted by molar-refractivity contribution is 9.10. The number of nitrogens with two attached hydrogens (primary N) is 1. The summed E-state index contributed by atoms with van der Waals surface area (Å²) >= 11 is 5.33. The summed E-state index contributed by atoms with van der Waals surface area (Å²) in [7, 11) is 0. The van der Waals surface area contributed by atoms with Crippen molar-refractivity contribution < 1.29 is 0 Å². The van der Waals surface area contributed by atoms with Gasteiger partial charge in [0.2, 0.25) is 0 Å². The summed E-state index contributed by atoms with van der Waals surface area (Å²) in [6, 6.07) is 8.34. The number of imidazole rings is 1. The van der Waals surface area contributed by atoms with Crippen LogP contribution >= 0.6 is 27.7 Å². The number of nitrogens with zero attached hydrogens (tertiary/aromatic N) is 2. The van der Waals surface area contributed by atoms with E-state index in [-0.39, 0.29) is 6.04 Å². The molecule has 1 aromatic carbocycles. The summed E-state index contributed by atoms with van der Waals surface area (Å²) in [6.45, 7) is 3.06. The predicted molar refractivity (Wildman–Crippen MR) is 84.4 cm³/mol. The Hall–Kier alpha value is -0.780. The molecule has 5 heteroatoms. The maximum Gasteiger partial charge on any atom is 0.110 e. The fourth-order valence-corrected chi connectivity index (χ4v) is 3.39. The first kappa shape index (κ1) is 14.6. The van der Waals surface area contributed by atoms with E-state index in [0.717, 1.165) is 29.0 Å². The maximum atomic E-state index is 6.20. The Balaban J connectivity index is 1.88. The van der Waals surface area contributed by atoms with Crippen LogP contribution in [0.2, 0.25) is 0 Å². The molecule has 0 fully saturated rings. The Bertz CT molecular complexity index is 527. The largest absolute Gasteiger partial charge is 0.335 e. The van der Waals surface area contributed by atoms with Crippen LogP contribution in [0.4, 0.5) is 0 Å². The van der Waals surface area contributed by atoms with Gasteiger partial charge in [0.1, 0.15) is 5.82 Å². The average Bonchev–Trinajstić information content (AvgIpc) is 2.85. The van der Waals surface area contributed by atoms with E-state index in [1.165, 1.54) is 4.90 Å². The number of hydrogen-bond acceptors (Lipinski definition) is 3. The highest BCUT2D eigenvalue weighted by Gasteiger charge is 2.10. The quantitative estimate of drug-likeness (QED) is 0.821. The molecule has 0 aliphatic rings. The van der Waals surface area contributed by atoms with E-state index >= 15 is 0 Å². The van der Waals surface area contributed by atoms with Crippen molar-refractivity contribution >= 4 is 27.7 Å². The highest BCUT2D eigenvalue weighted by atomic mass is 79.9. The van der Waals surface area contributed by atoms with Crippen molar-refractivity contribution in [2.24, 2.45) is 5.73 Å². The van der Waals surface area contributed by atoms with Crippen molar-refractivity contribution in [3.63, 3.8) is 0 Å². The molecule has 0 bridgehead atoms. The van der Waals surface area contributed by atoms with Crippen LogP contribution in [0.1, 0.15) is 12.7 Å². The molecule has 2 N–H and O–H groups in total. The second kappa shape index (κ2) is 7.12. The van der Waals surface area contributed by atoms with Crippen LogP contribution in [0.5, 0.6) is 0 Å². The van der Waals surface area contributed by atoms with Crippen LogP contribution in [0.3, 0.4) is 0 Å². The standard InChI is InChI=1S/C14H18BrN3S/c1-2-18-8-7-17-14(18)9-11(16)10-19-13-6-4-3-5-12(13)15/h3-8,11H,2,9-10,16H2,1H3. The third-order valence-corrected chi connectivity index (χ3v) is 5.09. The first-order chi connectivity index (χ1) is 9.20. The normalized spacial score (nSPS) is 12.6. The Labute approximate surface area is 126 Å². The van der Waals surface area contributed by atoms with Crippen molar-refractivity contribution in [1.29, 1.82) is 0 Å². The van der Waals surface area contributed by atoms with Crippen LogP contribution < -0.4 is 5.73 Å². The molecule has 0 aliphatic carbocycles. The van der Waals surface area contributed by atoms with Gasteiger partial charge in [0, 0.05) is 46.5 Å². The molecule has 19 heavy (non-hydrogen) atoms. The van der Waals surface area contributed by atoms with Crippen molar-refractivity contribution in [2.75, 3.05) is 5.75 Å². The van der Waals surface area contributed by atoms with Gasteiger partial charge < -0.3 is 10.3 Å². The number of thioether (sulfide) groups is 1. The van der Waals surface area contributed by atoms with Gasteiger partial charge in [-0.05, 0) is 35.0 Å². The van der Waals surface area contributed by atoms with Crippen molar-refractivity contribution in [3.05, 3.63) is 47.0 Å². The monoisotopic (exact) mass is 339 g/mol. The minimum Gasteiger partial charge on any atom is -0.335 e. The zero-order valence-corrected chi connectivity index (χ0v) is 13.3. The van der Waals surface area contributed by atoms with Gasteiger partial charge >= 0.3 is 0 Å². The van der Waals surface area contributed by atoms with E-state index in [1.807, 2.05) is 24.5 Å². The Morgan fingerprint density at radius 3 is 2.95 bits per heavy atom. The first-order valence-electron chi connectivity index (χ1n) is 6.33. The van der Waals surface area contributed by atoms with Crippen molar-refractivity contribution in [3.8, 4) is 0 Å². The number of benzene rings is 1. The SMILES string of the molecule is CCn1ccnc1CC(N)CSc1ccccc1Br. The van der Waals surface area contributed by atoms with Crippen LogP contribution in [0.15, 0.2) is 46.0 Å². The summed E-state index contributed by atoms with van der Waals surface area (Å²) in [5, 5.41) is 0. The fourth-order valence-electron chi connectivity index (χ4n) is 1.87. The van der Waals surface area contributed by atoms with Crippen LogP contribution in [-0.4, -0.2) is 21.3 Å². The van der Waals surface area contributed by atoms with Gasteiger partial charge in [-0.3, -0.25) is 0 Å². The molecule has 0 saturated heterocycles. The zero-order chi connectivity index (χ0) is 13.7. The predicted octanol–water partition coefficient (Wildman–Crippen LogP) is 3.33. The lowest BCUT2D eigenvalue weighted by atomic mass is 10.2. The summed E-state index contributed by atoms with van der Waals surface area (Å²) in [5.74, 6) is 1.96. The van der Waals surface area contributed by atoms with Gasteiger partial charge in [0.25, 0.3) is 0 Å². The van der Waals surface area contributed by atoms with Gasteiger partial charge in [0.15, 0.2) is 0 Å². The molecule has 0 radical (unpaired) electrons. The Morgan fingerprint density at radius 2 is 2.21 bits per heavy atom. The molecule has 0 spiro atoms. The second-order valence-corrected chi connectivity index (χ2v) is 6.25. The first-order valence-corrected chi connectivity index (χ1v) is 8.11. The van der Waals surface area contributed by atoms with Gasteiger partial charge in [-0.25, -0.2) is 4.98 Å². The lowest BCUT2D eigenvalue weighted by Gasteiger charge is -2.12. The molecule has 0 amide bonds. The summed E-state index contributed by atoms with van der Waals surface area (Å²) in [6.07, 6.45) is 4.66. The Kier molecular flexibility index (Phi) is 5.48. The second-order valence-electron chi connectivity index (χ2n) is 4.34. The number of aromatic nitrogens is 2. The fraction of sp³-hybridized carbons (Fsp3) is 0.357. The van der Waals surface area contributed by atoms with E-state index in [2.05, 4.69) is 44.5 Å². The lowest BCUT2D eigenvalue weighted by Crippen LogP contribution is -2.27. The molecule has 0 saturated carbocycles. The van der Waals surface area contributed by atoms with E-state index in [9.17, 15) is 0 Å². The molecular weight excluding hydrogens is 322 g/mol. The van der Waals surface area contributed by atoms with Crippen LogP contribution in [0.25, 0.3) is 0 Å². The third-order valence-electron chi connectivity index (χ3n) is 2.88. The molecule has 1 heterocycles. The minimum atomic E-state index is 0.116. The summed E-state index contributed by atoms with van der Waals surface area (Å²) < 4.78 is 3.27. The van der Waals surface area contributed by atoms with E-state index in [0.29, 0.717) is 0 Å². The molecular formula is C14H18BrN3S.